The van der Waals surface area contributed by atoms with Crippen LogP contribution in [0.25, 0.3) is 11.0 Å². The van der Waals surface area contributed by atoms with E-state index in [9.17, 15) is 4.79 Å². The molecule has 1 saturated carbocycles. The number of nitrogens with zero attached hydrogens (tertiary/aromatic N) is 2. The van der Waals surface area contributed by atoms with Gasteiger partial charge in [0, 0.05) is 23.1 Å². The van der Waals surface area contributed by atoms with Gasteiger partial charge in [0.1, 0.15) is 0 Å². The van der Waals surface area contributed by atoms with Crippen molar-refractivity contribution in [1.82, 2.24) is 14.9 Å². The summed E-state index contributed by atoms with van der Waals surface area (Å²) < 4.78 is 2.71. The van der Waals surface area contributed by atoms with E-state index in [2.05, 4.69) is 31.5 Å². The fraction of sp³-hybridized carbons (Fsp3) is 0.333. The number of aryl methyl sites for hydroxylation is 1. The first kappa shape index (κ1) is 20.5. The molecule has 2 aromatic carbocycles. The molecule has 1 aromatic heterocycles. The fourth-order valence-electron chi connectivity index (χ4n) is 3.78. The van der Waals surface area contributed by atoms with Crippen LogP contribution < -0.4 is 10.6 Å². The van der Waals surface area contributed by atoms with Gasteiger partial charge in [-0.3, -0.25) is 4.79 Å². The highest BCUT2D eigenvalue weighted by atomic mass is 79.9. The molecule has 1 aliphatic rings. The molecule has 0 spiro atoms. The summed E-state index contributed by atoms with van der Waals surface area (Å²) in [5.41, 5.74) is 2.78. The topological polar surface area (TPSA) is 59.0 Å². The smallest absolute Gasteiger partial charge is 0.251 e. The van der Waals surface area contributed by atoms with Gasteiger partial charge in [0.05, 0.1) is 26.8 Å². The lowest BCUT2D eigenvalue weighted by molar-refractivity contribution is 0.0928. The number of fused-ring (bicyclic) bond motifs is 1. The Hall–Kier alpha value is -1.76. The van der Waals surface area contributed by atoms with Gasteiger partial charge in [0.2, 0.25) is 5.95 Å². The SMILES string of the molecule is Cn1c(Nc2c(Cl)cccc2Cl)nc2cc(C(=O)NC3CCCCC3)cc(Br)c21. The molecule has 2 N–H and O–H groups in total. The first-order chi connectivity index (χ1) is 13.9. The van der Waals surface area contributed by atoms with E-state index in [0.29, 0.717) is 32.8 Å². The maximum atomic E-state index is 12.8. The van der Waals surface area contributed by atoms with Crippen LogP contribution in [0.5, 0.6) is 0 Å². The van der Waals surface area contributed by atoms with Crippen LogP contribution in [-0.2, 0) is 7.05 Å². The number of hydrogen-bond donors (Lipinski definition) is 2. The molecular formula is C21H21BrCl2N4O. The van der Waals surface area contributed by atoms with Gasteiger partial charge < -0.3 is 15.2 Å². The van der Waals surface area contributed by atoms with E-state index in [1.54, 1.807) is 18.2 Å². The van der Waals surface area contributed by atoms with E-state index < -0.39 is 0 Å². The van der Waals surface area contributed by atoms with Crippen molar-refractivity contribution in [3.8, 4) is 0 Å². The van der Waals surface area contributed by atoms with Gasteiger partial charge in [0.25, 0.3) is 5.91 Å². The molecule has 0 radical (unpaired) electrons. The first-order valence-corrected chi connectivity index (χ1v) is 11.2. The summed E-state index contributed by atoms with van der Waals surface area (Å²) in [4.78, 5) is 17.4. The van der Waals surface area contributed by atoms with Crippen LogP contribution in [0.3, 0.4) is 0 Å². The molecule has 0 unspecified atom stereocenters. The third-order valence-corrected chi connectivity index (χ3v) is 6.56. The van der Waals surface area contributed by atoms with Crippen LogP contribution in [0.1, 0.15) is 42.5 Å². The Bertz CT molecular complexity index is 1060. The van der Waals surface area contributed by atoms with E-state index in [1.807, 2.05) is 23.7 Å². The molecular weight excluding hydrogens is 475 g/mol. The molecule has 4 rings (SSSR count). The standard InChI is InChI=1S/C21H21BrCl2N4O/c1-28-19-14(22)10-12(20(29)25-13-6-3-2-4-7-13)11-17(19)26-21(28)27-18-15(23)8-5-9-16(18)24/h5,8-11,13H,2-4,6-7H2,1H3,(H,25,29)(H,26,27). The zero-order chi connectivity index (χ0) is 20.5. The molecule has 0 saturated heterocycles. The number of carbonyl (C=O) groups is 1. The Kier molecular flexibility index (Phi) is 6.04. The third-order valence-electron chi connectivity index (χ3n) is 5.32. The summed E-state index contributed by atoms with van der Waals surface area (Å²) in [6, 6.07) is 9.24. The summed E-state index contributed by atoms with van der Waals surface area (Å²) >= 11 is 16.1. The number of imidazole rings is 1. The van der Waals surface area contributed by atoms with E-state index in [0.717, 1.165) is 22.8 Å². The van der Waals surface area contributed by atoms with E-state index in [4.69, 9.17) is 23.2 Å². The second-order valence-corrected chi connectivity index (χ2v) is 9.02. The lowest BCUT2D eigenvalue weighted by Crippen LogP contribution is -2.36. The predicted molar refractivity (Wildman–Crippen MR) is 122 cm³/mol. The summed E-state index contributed by atoms with van der Waals surface area (Å²) in [6.45, 7) is 0. The average molecular weight is 496 g/mol. The van der Waals surface area contributed by atoms with Crippen LogP contribution in [0.4, 0.5) is 11.6 Å². The highest BCUT2D eigenvalue weighted by Crippen LogP contribution is 2.34. The minimum absolute atomic E-state index is 0.0613. The van der Waals surface area contributed by atoms with Crippen molar-refractivity contribution < 1.29 is 4.79 Å². The monoisotopic (exact) mass is 494 g/mol. The Labute approximate surface area is 187 Å². The number of anilines is 2. The largest absolute Gasteiger partial charge is 0.349 e. The molecule has 1 aliphatic carbocycles. The number of nitrogens with one attached hydrogen (secondary N) is 2. The fourth-order valence-corrected chi connectivity index (χ4v) is 4.99. The van der Waals surface area contributed by atoms with Gasteiger partial charge in [-0.2, -0.15) is 0 Å². The van der Waals surface area contributed by atoms with Gasteiger partial charge in [-0.05, 0) is 53.0 Å². The number of aromatic nitrogens is 2. The summed E-state index contributed by atoms with van der Waals surface area (Å²) in [5.74, 6) is 0.523. The number of benzene rings is 2. The quantitative estimate of drug-likeness (QED) is 0.437. The Morgan fingerprint density at radius 3 is 2.55 bits per heavy atom. The minimum Gasteiger partial charge on any atom is -0.349 e. The zero-order valence-electron chi connectivity index (χ0n) is 15.9. The second-order valence-electron chi connectivity index (χ2n) is 7.35. The number of amides is 1. The molecule has 1 heterocycles. The van der Waals surface area contributed by atoms with Gasteiger partial charge in [-0.1, -0.05) is 48.5 Å². The van der Waals surface area contributed by atoms with Gasteiger partial charge >= 0.3 is 0 Å². The van der Waals surface area contributed by atoms with Gasteiger partial charge in [-0.15, -0.1) is 0 Å². The van der Waals surface area contributed by atoms with Crippen molar-refractivity contribution >= 4 is 67.7 Å². The molecule has 3 aromatic rings. The summed E-state index contributed by atoms with van der Waals surface area (Å²) in [5, 5.41) is 7.39. The van der Waals surface area contributed by atoms with Gasteiger partial charge in [-0.25, -0.2) is 4.98 Å². The maximum Gasteiger partial charge on any atom is 0.251 e. The van der Waals surface area contributed by atoms with Crippen molar-refractivity contribution in [2.75, 3.05) is 5.32 Å². The molecule has 1 fully saturated rings. The van der Waals surface area contributed by atoms with E-state index >= 15 is 0 Å². The van der Waals surface area contributed by atoms with Crippen LogP contribution in [-0.4, -0.2) is 21.5 Å². The van der Waals surface area contributed by atoms with Crippen molar-refractivity contribution in [3.63, 3.8) is 0 Å². The van der Waals surface area contributed by atoms with Crippen LogP contribution >= 0.6 is 39.1 Å². The average Bonchev–Trinajstić information content (AvgIpc) is 3.01. The van der Waals surface area contributed by atoms with Crippen molar-refractivity contribution in [3.05, 3.63) is 50.4 Å². The molecule has 1 amide bonds. The molecule has 29 heavy (non-hydrogen) atoms. The van der Waals surface area contributed by atoms with E-state index in [1.165, 1.54) is 19.3 Å². The molecule has 8 heteroatoms. The van der Waals surface area contributed by atoms with Crippen LogP contribution in [0.2, 0.25) is 10.0 Å². The number of para-hydroxylation sites is 1. The molecule has 5 nitrogen and oxygen atoms in total. The predicted octanol–water partition coefficient (Wildman–Crippen LogP) is 6.45. The molecule has 0 bridgehead atoms. The summed E-state index contributed by atoms with van der Waals surface area (Å²) in [6.07, 6.45) is 5.70. The third kappa shape index (κ3) is 4.25. The lowest BCUT2D eigenvalue weighted by atomic mass is 9.95. The normalized spacial score (nSPS) is 14.9. The highest BCUT2D eigenvalue weighted by molar-refractivity contribution is 9.10. The van der Waals surface area contributed by atoms with Crippen LogP contribution in [0, 0.1) is 0 Å². The molecule has 152 valence electrons. The Morgan fingerprint density at radius 1 is 1.17 bits per heavy atom. The van der Waals surface area contributed by atoms with Crippen molar-refractivity contribution in [2.45, 2.75) is 38.1 Å². The minimum atomic E-state index is -0.0613. The number of rotatable bonds is 4. The first-order valence-electron chi connectivity index (χ1n) is 9.62. The van der Waals surface area contributed by atoms with E-state index in [-0.39, 0.29) is 11.9 Å². The molecule has 0 atom stereocenters. The lowest BCUT2D eigenvalue weighted by Gasteiger charge is -2.22. The Morgan fingerprint density at radius 2 is 1.86 bits per heavy atom. The van der Waals surface area contributed by atoms with Crippen molar-refractivity contribution in [1.29, 1.82) is 0 Å². The Balaban J connectivity index is 1.65. The highest BCUT2D eigenvalue weighted by Gasteiger charge is 2.20. The number of carbonyl (C=O) groups excluding carboxylic acids is 1. The zero-order valence-corrected chi connectivity index (χ0v) is 19.0. The van der Waals surface area contributed by atoms with Crippen LogP contribution in [0.15, 0.2) is 34.8 Å². The molecule has 0 aliphatic heterocycles. The number of hydrogen-bond acceptors (Lipinski definition) is 3. The second kappa shape index (κ2) is 8.54. The van der Waals surface area contributed by atoms with Crippen molar-refractivity contribution in [2.24, 2.45) is 7.05 Å². The maximum absolute atomic E-state index is 12.8. The summed E-state index contributed by atoms with van der Waals surface area (Å²) in [7, 11) is 1.90. The van der Waals surface area contributed by atoms with Gasteiger partial charge in [0.15, 0.2) is 0 Å². The number of halogens is 3.